The summed E-state index contributed by atoms with van der Waals surface area (Å²) in [6.45, 7) is -1.55. The highest BCUT2D eigenvalue weighted by Crippen LogP contribution is 2.30. The monoisotopic (exact) mass is 546 g/mol. The fourth-order valence-corrected chi connectivity index (χ4v) is 4.36. The minimum Gasteiger partial charge on any atom is -0.388 e. The van der Waals surface area contributed by atoms with Crippen molar-refractivity contribution < 1.29 is 84.2 Å². The van der Waals surface area contributed by atoms with E-state index < -0.39 is 112 Å². The highest BCUT2D eigenvalue weighted by molar-refractivity contribution is 4.92. The van der Waals surface area contributed by atoms with Gasteiger partial charge < -0.3 is 84.2 Å². The van der Waals surface area contributed by atoms with Crippen LogP contribution in [-0.2, 0) is 33.2 Å². The summed E-state index contributed by atoms with van der Waals surface area (Å²) in [7, 11) is 0. The Balaban J connectivity index is 1.48. The van der Waals surface area contributed by atoms with Crippen molar-refractivity contribution in [1.29, 1.82) is 0 Å². The minimum atomic E-state index is -1.74. The molecule has 10 N–H and O–H groups in total. The molecule has 0 aromatic carbocycles. The number of hydrogen-bond donors (Lipinski definition) is 10. The van der Waals surface area contributed by atoms with E-state index in [1.165, 1.54) is 0 Å². The van der Waals surface area contributed by atoms with E-state index in [1.807, 2.05) is 0 Å². The zero-order valence-corrected chi connectivity index (χ0v) is 19.4. The van der Waals surface area contributed by atoms with Gasteiger partial charge in [-0.1, -0.05) is 0 Å². The third-order valence-corrected chi connectivity index (χ3v) is 6.68. The van der Waals surface area contributed by atoms with Gasteiger partial charge in [-0.25, -0.2) is 0 Å². The van der Waals surface area contributed by atoms with E-state index in [1.54, 1.807) is 0 Å². The van der Waals surface area contributed by atoms with Crippen LogP contribution in [0.15, 0.2) is 0 Å². The van der Waals surface area contributed by atoms with Gasteiger partial charge in [-0.05, 0) is 0 Å². The normalized spacial score (nSPS) is 53.7. The molecule has 17 heteroatoms. The lowest BCUT2D eigenvalue weighted by atomic mass is 10.0. The third kappa shape index (κ3) is 6.23. The molecular formula is C20H34O17. The van der Waals surface area contributed by atoms with Crippen LogP contribution >= 0.6 is 0 Å². The van der Waals surface area contributed by atoms with Crippen LogP contribution < -0.4 is 0 Å². The molecule has 0 radical (unpaired) electrons. The highest BCUT2D eigenvalue weighted by Gasteiger charge is 2.50. The van der Waals surface area contributed by atoms with Crippen LogP contribution in [0.5, 0.6) is 0 Å². The molecule has 4 saturated heterocycles. The summed E-state index contributed by atoms with van der Waals surface area (Å²) in [6.07, 6.45) is -24.7. The van der Waals surface area contributed by atoms with Gasteiger partial charge in [0.25, 0.3) is 0 Å². The minimum absolute atomic E-state index is 0.367. The number of aliphatic hydroxyl groups is 10. The SMILES string of the molecule is OC1OC[C@@H](O[C@@H]2OC[C@@H](O[C@@H]3OC[C@@H](O)[C@H](O)[C@H]3O)[C@H](O[C@@H]3OC[C@@H](O)[C@H](O)[C@H]3O)[C@H]2O)[C@H](O)[C@H]1O. The van der Waals surface area contributed by atoms with E-state index >= 15 is 0 Å². The Kier molecular flexibility index (Phi) is 9.69. The van der Waals surface area contributed by atoms with Gasteiger partial charge in [-0.15, -0.1) is 0 Å². The molecule has 37 heavy (non-hydrogen) atoms. The number of aliphatic hydroxyl groups excluding tert-OH is 10. The van der Waals surface area contributed by atoms with Crippen LogP contribution in [0.3, 0.4) is 0 Å². The van der Waals surface area contributed by atoms with Gasteiger partial charge in [0, 0.05) is 0 Å². The smallest absolute Gasteiger partial charge is 0.186 e. The molecule has 17 nitrogen and oxygen atoms in total. The molecule has 0 spiro atoms. The molecule has 4 fully saturated rings. The second kappa shape index (κ2) is 12.2. The maximum Gasteiger partial charge on any atom is 0.186 e. The van der Waals surface area contributed by atoms with Crippen LogP contribution in [0.25, 0.3) is 0 Å². The zero-order valence-electron chi connectivity index (χ0n) is 19.4. The summed E-state index contributed by atoms with van der Waals surface area (Å²) >= 11 is 0. The van der Waals surface area contributed by atoms with E-state index in [0.717, 1.165) is 0 Å². The van der Waals surface area contributed by atoms with Crippen molar-refractivity contribution in [3.05, 3.63) is 0 Å². The highest BCUT2D eigenvalue weighted by atomic mass is 16.8. The molecule has 0 bridgehead atoms. The maximum atomic E-state index is 11.0. The summed E-state index contributed by atoms with van der Waals surface area (Å²) in [5, 5.41) is 100. The van der Waals surface area contributed by atoms with E-state index in [4.69, 9.17) is 33.2 Å². The van der Waals surface area contributed by atoms with Gasteiger partial charge in [-0.2, -0.15) is 0 Å². The maximum absolute atomic E-state index is 11.0. The fraction of sp³-hybridized carbons (Fsp3) is 1.00. The first-order valence-electron chi connectivity index (χ1n) is 11.7. The molecule has 0 aromatic rings. The van der Waals surface area contributed by atoms with Crippen LogP contribution in [0.2, 0.25) is 0 Å². The molecule has 1 unspecified atom stereocenters. The Bertz CT molecular complexity index is 731. The van der Waals surface area contributed by atoms with E-state index in [2.05, 4.69) is 0 Å². The predicted molar refractivity (Wildman–Crippen MR) is 110 cm³/mol. The van der Waals surface area contributed by atoms with Crippen LogP contribution in [0.4, 0.5) is 0 Å². The standard InChI is InChI=1S/C20H34O17/c21-5-1-32-18(13(27)9(5)23)36-8-4-34-20(35-7-3-31-17(30)12(26)11(7)25)15(29)16(8)37-19-14(28)10(24)6(22)2-33-19/h5-30H,1-4H2/t5-,6-,7-,8-,9+,10+,11+,12-,13-,14-,15-,16+,17?,18+,19+,20+/m1/s1. The van der Waals surface area contributed by atoms with E-state index in [-0.39, 0.29) is 13.2 Å². The topological polar surface area (TPSA) is 267 Å². The van der Waals surface area contributed by atoms with Crippen molar-refractivity contribution in [2.24, 2.45) is 0 Å². The van der Waals surface area contributed by atoms with Gasteiger partial charge in [0.05, 0.1) is 26.4 Å². The van der Waals surface area contributed by atoms with Crippen molar-refractivity contribution in [3.8, 4) is 0 Å². The quantitative estimate of drug-likeness (QED) is 0.148. The molecule has 0 saturated carbocycles. The molecule has 4 rings (SSSR count). The average Bonchev–Trinajstić information content (AvgIpc) is 2.87. The Morgan fingerprint density at radius 3 is 1.46 bits per heavy atom. The number of ether oxygens (including phenoxy) is 7. The molecule has 4 heterocycles. The lowest BCUT2D eigenvalue weighted by Crippen LogP contribution is -2.64. The average molecular weight is 546 g/mol. The molecule has 4 aliphatic heterocycles. The Morgan fingerprint density at radius 1 is 0.405 bits per heavy atom. The molecule has 0 aliphatic carbocycles. The van der Waals surface area contributed by atoms with Crippen molar-refractivity contribution in [2.75, 3.05) is 26.4 Å². The van der Waals surface area contributed by atoms with Gasteiger partial charge in [0.15, 0.2) is 25.2 Å². The number of rotatable bonds is 6. The van der Waals surface area contributed by atoms with E-state index in [0.29, 0.717) is 0 Å². The summed E-state index contributed by atoms with van der Waals surface area (Å²) < 4.78 is 37.8. The Morgan fingerprint density at radius 2 is 0.865 bits per heavy atom. The Labute approximate surface area is 209 Å². The summed E-state index contributed by atoms with van der Waals surface area (Å²) in [5.41, 5.74) is 0. The van der Waals surface area contributed by atoms with Gasteiger partial charge in [0.1, 0.15) is 73.2 Å². The molecular weight excluding hydrogens is 512 g/mol. The molecule has 0 amide bonds. The van der Waals surface area contributed by atoms with Crippen LogP contribution in [0.1, 0.15) is 0 Å². The van der Waals surface area contributed by atoms with Crippen molar-refractivity contribution >= 4 is 0 Å². The zero-order chi connectivity index (χ0) is 27.0. The number of hydrogen-bond acceptors (Lipinski definition) is 17. The molecule has 4 aliphatic rings. The molecule has 0 aromatic heterocycles. The lowest BCUT2D eigenvalue weighted by Gasteiger charge is -2.46. The fourth-order valence-electron chi connectivity index (χ4n) is 4.36. The molecule has 16 atom stereocenters. The summed E-state index contributed by atoms with van der Waals surface area (Å²) in [5.74, 6) is 0. The van der Waals surface area contributed by atoms with Crippen molar-refractivity contribution in [2.45, 2.75) is 98.4 Å². The first kappa shape index (κ1) is 29.3. The van der Waals surface area contributed by atoms with Crippen molar-refractivity contribution in [3.63, 3.8) is 0 Å². The van der Waals surface area contributed by atoms with E-state index in [9.17, 15) is 51.1 Å². The van der Waals surface area contributed by atoms with Crippen molar-refractivity contribution in [1.82, 2.24) is 0 Å². The second-order valence-corrected chi connectivity index (χ2v) is 9.35. The predicted octanol–water partition coefficient (Wildman–Crippen LogP) is -7.19. The summed E-state index contributed by atoms with van der Waals surface area (Å²) in [6, 6.07) is 0. The first-order valence-corrected chi connectivity index (χ1v) is 11.7. The first-order chi connectivity index (χ1) is 17.5. The van der Waals surface area contributed by atoms with Gasteiger partial charge in [-0.3, -0.25) is 0 Å². The van der Waals surface area contributed by atoms with Crippen LogP contribution in [0, 0.1) is 0 Å². The molecule has 216 valence electrons. The summed E-state index contributed by atoms with van der Waals surface area (Å²) in [4.78, 5) is 0. The van der Waals surface area contributed by atoms with Gasteiger partial charge >= 0.3 is 0 Å². The van der Waals surface area contributed by atoms with Crippen LogP contribution in [-0.4, -0.2) is 176 Å². The largest absolute Gasteiger partial charge is 0.388 e. The Hall–Kier alpha value is -0.680. The second-order valence-electron chi connectivity index (χ2n) is 9.35. The lowest BCUT2D eigenvalue weighted by molar-refractivity contribution is -0.371. The third-order valence-electron chi connectivity index (χ3n) is 6.68. The van der Waals surface area contributed by atoms with Gasteiger partial charge in [0.2, 0.25) is 0 Å².